The monoisotopic (exact) mass is 236 g/mol. The fraction of sp³-hybridized carbons (Fsp3) is 0.889. The molecule has 0 rings (SSSR count). The average molecular weight is 236 g/mol. The average Bonchev–Trinajstić information content (AvgIpc) is 2.10. The number of carbonyl (C=O) groups excluding carboxylic acids is 1. The Labute approximate surface area is 92.1 Å². The maximum atomic E-state index is 11.3. The first-order valence-corrected chi connectivity index (χ1v) is 6.64. The van der Waals surface area contributed by atoms with Crippen LogP contribution in [0.15, 0.2) is 0 Å². The van der Waals surface area contributed by atoms with Crippen molar-refractivity contribution in [2.75, 3.05) is 27.4 Å². The van der Waals surface area contributed by atoms with E-state index >= 15 is 0 Å². The number of carbonyl (C=O) groups is 1. The zero-order valence-electron chi connectivity index (χ0n) is 10.0. The van der Waals surface area contributed by atoms with Crippen LogP contribution in [0, 0.1) is 0 Å². The Morgan fingerprint density at radius 1 is 1.27 bits per heavy atom. The summed E-state index contributed by atoms with van der Waals surface area (Å²) < 4.78 is 23.7. The first-order chi connectivity index (χ1) is 6.66. The highest BCUT2D eigenvalue weighted by atomic mass is 32.2. The van der Waals surface area contributed by atoms with E-state index in [0.29, 0.717) is 12.8 Å². The summed E-state index contributed by atoms with van der Waals surface area (Å²) >= 11 is 0. The molecule has 0 aliphatic carbocycles. The molecule has 0 spiro atoms. The fourth-order valence-corrected chi connectivity index (χ4v) is 1.82. The van der Waals surface area contributed by atoms with Crippen molar-refractivity contribution in [3.05, 3.63) is 0 Å². The molecule has 15 heavy (non-hydrogen) atoms. The summed E-state index contributed by atoms with van der Waals surface area (Å²) in [5, 5.41) is 0. The van der Waals surface area contributed by atoms with E-state index in [2.05, 4.69) is 0 Å². The Kier molecular flexibility index (Phi) is 5.23. The van der Waals surface area contributed by atoms with Crippen molar-refractivity contribution in [1.82, 2.24) is 9.21 Å². The van der Waals surface area contributed by atoms with Crippen molar-refractivity contribution in [1.29, 1.82) is 0 Å². The molecule has 0 aliphatic heterocycles. The van der Waals surface area contributed by atoms with Crippen molar-refractivity contribution in [3.8, 4) is 0 Å². The predicted molar refractivity (Wildman–Crippen MR) is 60.0 cm³/mol. The van der Waals surface area contributed by atoms with Gasteiger partial charge in [-0.1, -0.05) is 0 Å². The van der Waals surface area contributed by atoms with Crippen molar-refractivity contribution >= 4 is 15.9 Å². The lowest BCUT2D eigenvalue weighted by Crippen LogP contribution is -2.35. The SMILES string of the molecule is CC(CCC(=O)N(C)C)N(C)S(C)(=O)=O. The maximum Gasteiger partial charge on any atom is 0.222 e. The van der Waals surface area contributed by atoms with Gasteiger partial charge in [0.05, 0.1) is 6.26 Å². The Bertz CT molecular complexity index is 311. The number of rotatable bonds is 5. The van der Waals surface area contributed by atoms with Crippen molar-refractivity contribution < 1.29 is 13.2 Å². The third kappa shape index (κ3) is 5.13. The highest BCUT2D eigenvalue weighted by Gasteiger charge is 2.19. The summed E-state index contributed by atoms with van der Waals surface area (Å²) in [6, 6.07) is -0.149. The minimum absolute atomic E-state index is 0.0174. The molecule has 0 radical (unpaired) electrons. The number of sulfonamides is 1. The molecule has 0 N–H and O–H groups in total. The molecule has 0 saturated heterocycles. The molecular weight excluding hydrogens is 216 g/mol. The molecule has 1 atom stereocenters. The van der Waals surface area contributed by atoms with Crippen LogP contribution in [0.25, 0.3) is 0 Å². The van der Waals surface area contributed by atoms with E-state index in [4.69, 9.17) is 0 Å². The standard InChI is InChI=1S/C9H20N2O3S/c1-8(11(4)15(5,13)14)6-7-9(12)10(2)3/h8H,6-7H2,1-5H3. The number of nitrogens with zero attached hydrogens (tertiary/aromatic N) is 2. The second kappa shape index (κ2) is 5.46. The predicted octanol–water partition coefficient (Wildman–Crippen LogP) is 0.135. The topological polar surface area (TPSA) is 57.7 Å². The Morgan fingerprint density at radius 3 is 2.07 bits per heavy atom. The molecule has 1 unspecified atom stereocenters. The first kappa shape index (κ1) is 14.4. The molecule has 0 bridgehead atoms. The van der Waals surface area contributed by atoms with Crippen LogP contribution in [-0.2, 0) is 14.8 Å². The molecule has 5 nitrogen and oxygen atoms in total. The van der Waals surface area contributed by atoms with Gasteiger partial charge >= 0.3 is 0 Å². The summed E-state index contributed by atoms with van der Waals surface area (Å²) in [4.78, 5) is 12.8. The van der Waals surface area contributed by atoms with Crippen LogP contribution in [0.4, 0.5) is 0 Å². The quantitative estimate of drug-likeness (QED) is 0.682. The maximum absolute atomic E-state index is 11.3. The van der Waals surface area contributed by atoms with Crippen LogP contribution in [0.1, 0.15) is 19.8 Å². The summed E-state index contributed by atoms with van der Waals surface area (Å²) in [7, 11) is 1.74. The van der Waals surface area contributed by atoms with Crippen molar-refractivity contribution in [3.63, 3.8) is 0 Å². The smallest absolute Gasteiger partial charge is 0.222 e. The van der Waals surface area contributed by atoms with Crippen molar-refractivity contribution in [2.45, 2.75) is 25.8 Å². The van der Waals surface area contributed by atoms with Gasteiger partial charge in [-0.2, -0.15) is 0 Å². The summed E-state index contributed by atoms with van der Waals surface area (Å²) in [5.41, 5.74) is 0. The van der Waals surface area contributed by atoms with Gasteiger partial charge in [0, 0.05) is 33.6 Å². The summed E-state index contributed by atoms with van der Waals surface area (Å²) in [6.07, 6.45) is 2.08. The minimum atomic E-state index is -3.16. The van der Waals surface area contributed by atoms with E-state index < -0.39 is 10.0 Å². The van der Waals surface area contributed by atoms with E-state index in [9.17, 15) is 13.2 Å². The normalized spacial score (nSPS) is 14.0. The molecule has 0 fully saturated rings. The lowest BCUT2D eigenvalue weighted by atomic mass is 10.2. The Hall–Kier alpha value is -0.620. The third-order valence-electron chi connectivity index (χ3n) is 2.42. The molecule has 0 aromatic rings. The van der Waals surface area contributed by atoms with Gasteiger partial charge in [0.25, 0.3) is 0 Å². The van der Waals surface area contributed by atoms with Gasteiger partial charge in [-0.3, -0.25) is 4.79 Å². The van der Waals surface area contributed by atoms with E-state index in [-0.39, 0.29) is 11.9 Å². The second-order valence-electron chi connectivity index (χ2n) is 3.96. The summed E-state index contributed by atoms with van der Waals surface area (Å²) in [6.45, 7) is 1.80. The van der Waals surface area contributed by atoms with Gasteiger partial charge in [-0.15, -0.1) is 0 Å². The molecule has 0 aromatic heterocycles. The largest absolute Gasteiger partial charge is 0.349 e. The zero-order chi connectivity index (χ0) is 12.2. The summed E-state index contributed by atoms with van der Waals surface area (Å²) in [5.74, 6) is 0.0174. The fourth-order valence-electron chi connectivity index (χ4n) is 1.06. The molecule has 0 heterocycles. The molecule has 0 aromatic carbocycles. The van der Waals surface area contributed by atoms with Crippen LogP contribution >= 0.6 is 0 Å². The number of hydrogen-bond donors (Lipinski definition) is 0. The number of amides is 1. The van der Waals surface area contributed by atoms with Gasteiger partial charge in [0.15, 0.2) is 0 Å². The molecule has 0 saturated carbocycles. The highest BCUT2D eigenvalue weighted by Crippen LogP contribution is 2.08. The number of hydrogen-bond acceptors (Lipinski definition) is 3. The first-order valence-electron chi connectivity index (χ1n) is 4.79. The molecule has 1 amide bonds. The van der Waals surface area contributed by atoms with Gasteiger partial charge in [0.2, 0.25) is 15.9 Å². The van der Waals surface area contributed by atoms with Crippen LogP contribution in [-0.4, -0.2) is 57.0 Å². The van der Waals surface area contributed by atoms with Gasteiger partial charge in [-0.05, 0) is 13.3 Å². The zero-order valence-corrected chi connectivity index (χ0v) is 10.8. The molecule has 0 aliphatic rings. The van der Waals surface area contributed by atoms with Crippen LogP contribution < -0.4 is 0 Å². The van der Waals surface area contributed by atoms with Crippen LogP contribution in [0.5, 0.6) is 0 Å². The van der Waals surface area contributed by atoms with Crippen molar-refractivity contribution in [2.24, 2.45) is 0 Å². The van der Waals surface area contributed by atoms with E-state index in [1.54, 1.807) is 21.0 Å². The molecule has 90 valence electrons. The van der Waals surface area contributed by atoms with Gasteiger partial charge in [-0.25, -0.2) is 12.7 Å². The van der Waals surface area contributed by atoms with Crippen LogP contribution in [0.3, 0.4) is 0 Å². The minimum Gasteiger partial charge on any atom is -0.349 e. The molecule has 6 heteroatoms. The third-order valence-corrected chi connectivity index (χ3v) is 3.82. The lowest BCUT2D eigenvalue weighted by Gasteiger charge is -2.22. The van der Waals surface area contributed by atoms with E-state index in [0.717, 1.165) is 6.26 Å². The van der Waals surface area contributed by atoms with Gasteiger partial charge in [0.1, 0.15) is 0 Å². The van der Waals surface area contributed by atoms with E-state index in [1.165, 1.54) is 16.3 Å². The Balaban J connectivity index is 4.16. The Morgan fingerprint density at radius 2 is 1.73 bits per heavy atom. The highest BCUT2D eigenvalue weighted by molar-refractivity contribution is 7.88. The second-order valence-corrected chi connectivity index (χ2v) is 6.00. The molecular formula is C9H20N2O3S. The van der Waals surface area contributed by atoms with E-state index in [1.807, 2.05) is 0 Å². The van der Waals surface area contributed by atoms with Crippen LogP contribution in [0.2, 0.25) is 0 Å². The van der Waals surface area contributed by atoms with Gasteiger partial charge < -0.3 is 4.90 Å². The lowest BCUT2D eigenvalue weighted by molar-refractivity contribution is -0.128.